The maximum absolute atomic E-state index is 6.07. The zero-order valence-corrected chi connectivity index (χ0v) is 22.4. The molecule has 0 aliphatic rings. The standard InChI is InChI=1S/C28H58O2/c1-10-12-14-16-18-20-22-25(29-8)27(4,5)24(3)28(6,7)26(30-9)23-21-19-17-15-13-11-2/h24-26H,10-23H2,1-9H3. The molecule has 0 N–H and O–H groups in total. The zero-order valence-electron chi connectivity index (χ0n) is 22.4. The van der Waals surface area contributed by atoms with Crippen molar-refractivity contribution < 1.29 is 9.47 Å². The van der Waals surface area contributed by atoms with Crippen molar-refractivity contribution in [3.8, 4) is 0 Å². The summed E-state index contributed by atoms with van der Waals surface area (Å²) in [5, 5.41) is 0. The third-order valence-electron chi connectivity index (χ3n) is 8.10. The Morgan fingerprint density at radius 3 is 1.13 bits per heavy atom. The van der Waals surface area contributed by atoms with E-state index < -0.39 is 0 Å². The molecule has 30 heavy (non-hydrogen) atoms. The predicted molar refractivity (Wildman–Crippen MR) is 134 cm³/mol. The van der Waals surface area contributed by atoms with Gasteiger partial charge < -0.3 is 9.47 Å². The Hall–Kier alpha value is -0.0800. The minimum Gasteiger partial charge on any atom is -0.381 e. The molecule has 0 saturated carbocycles. The predicted octanol–water partition coefficient (Wildman–Crippen LogP) is 9.21. The van der Waals surface area contributed by atoms with Crippen LogP contribution in [0.5, 0.6) is 0 Å². The molecule has 2 atom stereocenters. The molecule has 2 nitrogen and oxygen atoms in total. The largest absolute Gasteiger partial charge is 0.381 e. The van der Waals surface area contributed by atoms with Crippen LogP contribution in [-0.4, -0.2) is 26.4 Å². The second kappa shape index (κ2) is 16.5. The van der Waals surface area contributed by atoms with Crippen LogP contribution in [0.4, 0.5) is 0 Å². The second-order valence-electron chi connectivity index (χ2n) is 10.9. The van der Waals surface area contributed by atoms with Gasteiger partial charge >= 0.3 is 0 Å². The first-order valence-corrected chi connectivity index (χ1v) is 13.3. The van der Waals surface area contributed by atoms with Gasteiger partial charge in [0.15, 0.2) is 0 Å². The maximum Gasteiger partial charge on any atom is 0.0625 e. The Labute approximate surface area is 191 Å². The smallest absolute Gasteiger partial charge is 0.0625 e. The molecule has 0 aromatic heterocycles. The van der Waals surface area contributed by atoms with Gasteiger partial charge in [-0.15, -0.1) is 0 Å². The van der Waals surface area contributed by atoms with Gasteiger partial charge in [-0.05, 0) is 29.6 Å². The van der Waals surface area contributed by atoms with Gasteiger partial charge in [0.25, 0.3) is 0 Å². The molecule has 0 aromatic carbocycles. The first-order chi connectivity index (χ1) is 14.2. The van der Waals surface area contributed by atoms with E-state index in [9.17, 15) is 0 Å². The van der Waals surface area contributed by atoms with E-state index in [0.29, 0.717) is 18.1 Å². The molecule has 0 heterocycles. The lowest BCUT2D eigenvalue weighted by atomic mass is 9.60. The van der Waals surface area contributed by atoms with Gasteiger partial charge in [-0.3, -0.25) is 0 Å². The zero-order chi connectivity index (χ0) is 23.0. The van der Waals surface area contributed by atoms with E-state index in [1.165, 1.54) is 89.9 Å². The number of hydrogen-bond donors (Lipinski definition) is 0. The first-order valence-electron chi connectivity index (χ1n) is 13.3. The van der Waals surface area contributed by atoms with E-state index in [1.54, 1.807) is 0 Å². The number of unbranched alkanes of at least 4 members (excludes halogenated alkanes) is 10. The quantitative estimate of drug-likeness (QED) is 0.181. The van der Waals surface area contributed by atoms with Gasteiger partial charge in [0.05, 0.1) is 12.2 Å². The molecule has 0 aromatic rings. The SMILES string of the molecule is CCCCCCCCC(OC)C(C)(C)C(C)C(C)(C)C(CCCCCCCC)OC. The van der Waals surface area contributed by atoms with E-state index in [0.717, 1.165) is 0 Å². The van der Waals surface area contributed by atoms with E-state index >= 15 is 0 Å². The van der Waals surface area contributed by atoms with Crippen LogP contribution in [0.25, 0.3) is 0 Å². The Bertz CT molecular complexity index is 352. The second-order valence-corrected chi connectivity index (χ2v) is 10.9. The van der Waals surface area contributed by atoms with Gasteiger partial charge in [0.1, 0.15) is 0 Å². The van der Waals surface area contributed by atoms with E-state index in [4.69, 9.17) is 9.47 Å². The fourth-order valence-corrected chi connectivity index (χ4v) is 5.32. The summed E-state index contributed by atoms with van der Waals surface area (Å²) < 4.78 is 12.1. The van der Waals surface area contributed by atoms with E-state index in [1.807, 2.05) is 14.2 Å². The monoisotopic (exact) mass is 426 g/mol. The Balaban J connectivity index is 4.78. The molecular weight excluding hydrogens is 368 g/mol. The highest BCUT2D eigenvalue weighted by atomic mass is 16.5. The van der Waals surface area contributed by atoms with Crippen LogP contribution in [0.3, 0.4) is 0 Å². The Morgan fingerprint density at radius 2 is 0.833 bits per heavy atom. The van der Waals surface area contributed by atoms with Crippen molar-refractivity contribution in [3.05, 3.63) is 0 Å². The average molecular weight is 427 g/mol. The first kappa shape index (κ1) is 29.9. The number of ether oxygens (including phenoxy) is 2. The summed E-state index contributed by atoms with van der Waals surface area (Å²) in [5.41, 5.74) is 0.249. The fourth-order valence-electron chi connectivity index (χ4n) is 5.32. The van der Waals surface area contributed by atoms with Crippen molar-refractivity contribution in [1.82, 2.24) is 0 Å². The van der Waals surface area contributed by atoms with Gasteiger partial charge in [-0.1, -0.05) is 126 Å². The summed E-state index contributed by atoms with van der Waals surface area (Å²) in [4.78, 5) is 0. The van der Waals surface area contributed by atoms with Crippen LogP contribution in [0.15, 0.2) is 0 Å². The highest BCUT2D eigenvalue weighted by Gasteiger charge is 2.45. The third-order valence-corrected chi connectivity index (χ3v) is 8.10. The summed E-state index contributed by atoms with van der Waals surface area (Å²) in [7, 11) is 3.82. The van der Waals surface area contributed by atoms with Crippen molar-refractivity contribution >= 4 is 0 Å². The van der Waals surface area contributed by atoms with Crippen LogP contribution in [-0.2, 0) is 9.47 Å². The molecule has 0 spiro atoms. The minimum atomic E-state index is 0.125. The molecule has 0 aliphatic carbocycles. The molecule has 2 heteroatoms. The minimum absolute atomic E-state index is 0.125. The third kappa shape index (κ3) is 10.5. The van der Waals surface area contributed by atoms with Gasteiger partial charge in [-0.2, -0.15) is 0 Å². The van der Waals surface area contributed by atoms with Crippen molar-refractivity contribution in [2.45, 2.75) is 151 Å². The summed E-state index contributed by atoms with van der Waals surface area (Å²) >= 11 is 0. The van der Waals surface area contributed by atoms with Crippen molar-refractivity contribution in [2.75, 3.05) is 14.2 Å². The molecule has 0 aliphatic heterocycles. The Kier molecular flexibility index (Phi) is 16.5. The summed E-state index contributed by atoms with van der Waals surface area (Å²) in [5.74, 6) is 0.514. The molecule has 0 fully saturated rings. The fraction of sp³-hybridized carbons (Fsp3) is 1.00. The normalized spacial score (nSPS) is 15.9. The van der Waals surface area contributed by atoms with Crippen LogP contribution in [0, 0.1) is 16.7 Å². The van der Waals surface area contributed by atoms with Gasteiger partial charge in [-0.25, -0.2) is 0 Å². The van der Waals surface area contributed by atoms with Gasteiger partial charge in [0, 0.05) is 14.2 Å². The molecule has 0 radical (unpaired) electrons. The Morgan fingerprint density at radius 1 is 0.533 bits per heavy atom. The van der Waals surface area contributed by atoms with Crippen LogP contribution >= 0.6 is 0 Å². The van der Waals surface area contributed by atoms with Crippen LogP contribution < -0.4 is 0 Å². The molecule has 2 unspecified atom stereocenters. The topological polar surface area (TPSA) is 18.5 Å². The number of methoxy groups -OCH3 is 2. The summed E-state index contributed by atoms with van der Waals surface area (Å²) in [6.45, 7) is 16.7. The molecule has 0 bridgehead atoms. The lowest BCUT2D eigenvalue weighted by Crippen LogP contribution is -2.48. The maximum atomic E-state index is 6.07. The highest BCUT2D eigenvalue weighted by Crippen LogP contribution is 2.47. The molecule has 0 saturated heterocycles. The van der Waals surface area contributed by atoms with Crippen molar-refractivity contribution in [1.29, 1.82) is 0 Å². The molecule has 182 valence electrons. The van der Waals surface area contributed by atoms with Crippen LogP contribution in [0.2, 0.25) is 0 Å². The van der Waals surface area contributed by atoms with E-state index in [-0.39, 0.29) is 10.8 Å². The summed E-state index contributed by atoms with van der Waals surface area (Å²) in [6, 6.07) is 0. The number of rotatable bonds is 20. The lowest BCUT2D eigenvalue weighted by molar-refractivity contribution is -0.105. The average Bonchev–Trinajstić information content (AvgIpc) is 2.71. The molecule has 0 rings (SSSR count). The van der Waals surface area contributed by atoms with Crippen molar-refractivity contribution in [2.24, 2.45) is 16.7 Å². The van der Waals surface area contributed by atoms with Gasteiger partial charge in [0.2, 0.25) is 0 Å². The molecular formula is C28H58O2. The lowest BCUT2D eigenvalue weighted by Gasteiger charge is -2.49. The summed E-state index contributed by atoms with van der Waals surface area (Å²) in [6.07, 6.45) is 19.1. The van der Waals surface area contributed by atoms with Crippen LogP contribution in [0.1, 0.15) is 138 Å². The molecule has 0 amide bonds. The number of hydrogen-bond acceptors (Lipinski definition) is 2. The highest BCUT2D eigenvalue weighted by molar-refractivity contribution is 4.95. The van der Waals surface area contributed by atoms with E-state index in [2.05, 4.69) is 48.5 Å². The van der Waals surface area contributed by atoms with Crippen molar-refractivity contribution in [3.63, 3.8) is 0 Å².